The van der Waals surface area contributed by atoms with Gasteiger partial charge in [-0.3, -0.25) is 9.58 Å². The van der Waals surface area contributed by atoms with Crippen LogP contribution in [0.4, 0.5) is 0 Å². The summed E-state index contributed by atoms with van der Waals surface area (Å²) in [5.74, 6) is 0.828. The monoisotopic (exact) mass is 344 g/mol. The molecule has 1 aliphatic heterocycles. The van der Waals surface area contributed by atoms with E-state index in [1.54, 1.807) is 12.7 Å². The Morgan fingerprint density at radius 1 is 1.24 bits per heavy atom. The Morgan fingerprint density at radius 2 is 2.04 bits per heavy atom. The number of hydrogen-bond acceptors (Lipinski definition) is 5. The number of rotatable bonds is 7. The summed E-state index contributed by atoms with van der Waals surface area (Å²) >= 11 is 0. The van der Waals surface area contributed by atoms with Gasteiger partial charge in [0.1, 0.15) is 31.1 Å². The molecular weight excluding hydrogens is 316 g/mol. The third-order valence-electron chi connectivity index (χ3n) is 4.70. The van der Waals surface area contributed by atoms with Crippen molar-refractivity contribution in [2.75, 3.05) is 19.7 Å². The molecular formula is C19H28N4O2. The van der Waals surface area contributed by atoms with E-state index >= 15 is 0 Å². The summed E-state index contributed by atoms with van der Waals surface area (Å²) < 4.78 is 7.68. The lowest BCUT2D eigenvalue weighted by Crippen LogP contribution is -2.46. The minimum Gasteiger partial charge on any atom is -0.491 e. The van der Waals surface area contributed by atoms with Gasteiger partial charge in [0.15, 0.2) is 0 Å². The van der Waals surface area contributed by atoms with E-state index in [1.807, 2.05) is 16.8 Å². The Balaban J connectivity index is 1.52. The lowest BCUT2D eigenvalue weighted by atomic mass is 10.0. The first-order valence-electron chi connectivity index (χ1n) is 9.06. The van der Waals surface area contributed by atoms with Gasteiger partial charge in [0.2, 0.25) is 0 Å². The Kier molecular flexibility index (Phi) is 6.04. The summed E-state index contributed by atoms with van der Waals surface area (Å²) in [4.78, 5) is 6.38. The molecule has 1 aromatic heterocycles. The SMILES string of the molecule is Cc1cc(C)cc(OCC(O)CN2CCCCC2Cn2cncn2)c1. The Labute approximate surface area is 149 Å². The van der Waals surface area contributed by atoms with Crippen molar-refractivity contribution in [1.29, 1.82) is 0 Å². The van der Waals surface area contributed by atoms with E-state index in [4.69, 9.17) is 4.74 Å². The molecule has 6 heteroatoms. The maximum atomic E-state index is 10.4. The van der Waals surface area contributed by atoms with Gasteiger partial charge in [-0.2, -0.15) is 5.10 Å². The van der Waals surface area contributed by atoms with Crippen LogP contribution >= 0.6 is 0 Å². The number of hydrogen-bond donors (Lipinski definition) is 1. The number of likely N-dealkylation sites (tertiary alicyclic amines) is 1. The summed E-state index contributed by atoms with van der Waals surface area (Å²) in [6, 6.07) is 6.53. The van der Waals surface area contributed by atoms with Gasteiger partial charge >= 0.3 is 0 Å². The van der Waals surface area contributed by atoms with Gasteiger partial charge in [-0.1, -0.05) is 12.5 Å². The van der Waals surface area contributed by atoms with Gasteiger partial charge in [-0.15, -0.1) is 0 Å². The molecule has 1 fully saturated rings. The maximum Gasteiger partial charge on any atom is 0.137 e. The number of β-amino-alcohol motifs (C(OH)–C–C–N with tert-alkyl or cyclic N) is 1. The van der Waals surface area contributed by atoms with Crippen molar-refractivity contribution in [3.8, 4) is 5.75 Å². The van der Waals surface area contributed by atoms with Crippen LogP contribution in [0.25, 0.3) is 0 Å². The van der Waals surface area contributed by atoms with Crippen molar-refractivity contribution in [3.05, 3.63) is 42.0 Å². The molecule has 2 atom stereocenters. The number of piperidine rings is 1. The summed E-state index contributed by atoms with van der Waals surface area (Å²) in [7, 11) is 0. The van der Waals surface area contributed by atoms with Crippen molar-refractivity contribution >= 4 is 0 Å². The number of aryl methyl sites for hydroxylation is 2. The molecule has 2 unspecified atom stereocenters. The zero-order valence-electron chi connectivity index (χ0n) is 15.1. The number of aliphatic hydroxyl groups is 1. The van der Waals surface area contributed by atoms with Crippen LogP contribution in [0.2, 0.25) is 0 Å². The second-order valence-corrected chi connectivity index (χ2v) is 7.05. The molecule has 0 bridgehead atoms. The van der Waals surface area contributed by atoms with Crippen molar-refractivity contribution < 1.29 is 9.84 Å². The van der Waals surface area contributed by atoms with Crippen molar-refractivity contribution in [2.24, 2.45) is 0 Å². The first-order valence-corrected chi connectivity index (χ1v) is 9.06. The predicted octanol–water partition coefficient (Wildman–Crippen LogP) is 2.19. The number of nitrogens with zero attached hydrogens (tertiary/aromatic N) is 4. The van der Waals surface area contributed by atoms with E-state index in [0.717, 1.165) is 25.3 Å². The number of aromatic nitrogens is 3. The van der Waals surface area contributed by atoms with E-state index in [2.05, 4.69) is 34.9 Å². The summed E-state index contributed by atoms with van der Waals surface area (Å²) in [5.41, 5.74) is 2.35. The second-order valence-electron chi connectivity index (χ2n) is 7.05. The molecule has 0 spiro atoms. The standard InChI is InChI=1S/C19H28N4O2/c1-15-7-16(2)9-19(8-15)25-12-18(24)11-22-6-4-3-5-17(22)10-23-14-20-13-21-23/h7-9,13-14,17-18,24H,3-6,10-12H2,1-2H3. The third-order valence-corrected chi connectivity index (χ3v) is 4.70. The molecule has 0 saturated carbocycles. The second kappa shape index (κ2) is 8.45. The van der Waals surface area contributed by atoms with Crippen molar-refractivity contribution in [3.63, 3.8) is 0 Å². The van der Waals surface area contributed by atoms with Gasteiger partial charge in [-0.25, -0.2) is 4.98 Å². The highest BCUT2D eigenvalue weighted by molar-refractivity contribution is 5.32. The van der Waals surface area contributed by atoms with Crippen LogP contribution < -0.4 is 4.74 Å². The molecule has 1 saturated heterocycles. The lowest BCUT2D eigenvalue weighted by molar-refractivity contribution is 0.0345. The summed E-state index contributed by atoms with van der Waals surface area (Å²) in [6.07, 6.45) is 6.36. The highest BCUT2D eigenvalue weighted by atomic mass is 16.5. The van der Waals surface area contributed by atoms with E-state index in [0.29, 0.717) is 19.2 Å². The fourth-order valence-electron chi connectivity index (χ4n) is 3.58. The van der Waals surface area contributed by atoms with E-state index < -0.39 is 6.10 Å². The maximum absolute atomic E-state index is 10.4. The molecule has 136 valence electrons. The molecule has 0 amide bonds. The fraction of sp³-hybridized carbons (Fsp3) is 0.579. The van der Waals surface area contributed by atoms with Gasteiger partial charge in [-0.05, 0) is 56.5 Å². The average molecular weight is 344 g/mol. The highest BCUT2D eigenvalue weighted by Gasteiger charge is 2.25. The molecule has 1 aromatic carbocycles. The number of benzene rings is 1. The molecule has 0 radical (unpaired) electrons. The molecule has 25 heavy (non-hydrogen) atoms. The Bertz CT molecular complexity index is 639. The smallest absolute Gasteiger partial charge is 0.137 e. The zero-order valence-corrected chi connectivity index (χ0v) is 15.1. The predicted molar refractivity (Wildman–Crippen MR) is 96.7 cm³/mol. The lowest BCUT2D eigenvalue weighted by Gasteiger charge is -2.36. The van der Waals surface area contributed by atoms with Gasteiger partial charge < -0.3 is 9.84 Å². The molecule has 1 N–H and O–H groups in total. The van der Waals surface area contributed by atoms with Crippen LogP contribution in [0.3, 0.4) is 0 Å². The first kappa shape index (κ1) is 17.9. The van der Waals surface area contributed by atoms with Gasteiger partial charge in [0.25, 0.3) is 0 Å². The number of ether oxygens (including phenoxy) is 1. The van der Waals surface area contributed by atoms with Crippen molar-refractivity contribution in [1.82, 2.24) is 19.7 Å². The van der Waals surface area contributed by atoms with Crippen LogP contribution in [0.1, 0.15) is 30.4 Å². The minimum absolute atomic E-state index is 0.315. The zero-order chi connectivity index (χ0) is 17.6. The van der Waals surface area contributed by atoms with Crippen LogP contribution in [0.5, 0.6) is 5.75 Å². The minimum atomic E-state index is -0.503. The average Bonchev–Trinajstić information content (AvgIpc) is 3.07. The van der Waals surface area contributed by atoms with Gasteiger partial charge in [0.05, 0.1) is 6.54 Å². The molecule has 2 heterocycles. The molecule has 1 aliphatic rings. The quantitative estimate of drug-likeness (QED) is 0.834. The topological polar surface area (TPSA) is 63.4 Å². The van der Waals surface area contributed by atoms with Crippen LogP contribution in [0.15, 0.2) is 30.9 Å². The van der Waals surface area contributed by atoms with Crippen LogP contribution in [0, 0.1) is 13.8 Å². The Morgan fingerprint density at radius 3 is 2.76 bits per heavy atom. The summed E-state index contributed by atoms with van der Waals surface area (Å²) in [5, 5.41) is 14.7. The molecule has 3 rings (SSSR count). The first-order chi connectivity index (χ1) is 12.1. The fourth-order valence-corrected chi connectivity index (χ4v) is 3.58. The summed E-state index contributed by atoms with van der Waals surface area (Å²) in [6.45, 7) is 6.89. The largest absolute Gasteiger partial charge is 0.491 e. The van der Waals surface area contributed by atoms with Crippen molar-refractivity contribution in [2.45, 2.75) is 51.8 Å². The van der Waals surface area contributed by atoms with Gasteiger partial charge in [0, 0.05) is 12.6 Å². The number of aliphatic hydroxyl groups excluding tert-OH is 1. The van der Waals surface area contributed by atoms with Crippen LogP contribution in [-0.2, 0) is 6.54 Å². The molecule has 0 aliphatic carbocycles. The molecule has 2 aromatic rings. The third kappa shape index (κ3) is 5.28. The van der Waals surface area contributed by atoms with E-state index in [9.17, 15) is 5.11 Å². The van der Waals surface area contributed by atoms with Crippen LogP contribution in [-0.4, -0.2) is 56.6 Å². The highest BCUT2D eigenvalue weighted by Crippen LogP contribution is 2.20. The molecule has 6 nitrogen and oxygen atoms in total. The normalized spacial score (nSPS) is 19.7. The Hall–Kier alpha value is -1.92. The van der Waals surface area contributed by atoms with E-state index in [1.165, 1.54) is 24.0 Å². The van der Waals surface area contributed by atoms with E-state index in [-0.39, 0.29) is 0 Å².